The van der Waals surface area contributed by atoms with Gasteiger partial charge < -0.3 is 15.0 Å². The van der Waals surface area contributed by atoms with Crippen molar-refractivity contribution in [2.75, 3.05) is 20.2 Å². The van der Waals surface area contributed by atoms with Gasteiger partial charge in [-0.2, -0.15) is 0 Å². The molecular formula is C30H35N3O5S. The molecule has 0 spiro atoms. The van der Waals surface area contributed by atoms with E-state index < -0.39 is 16.1 Å². The first-order valence-corrected chi connectivity index (χ1v) is 14.2. The molecule has 1 unspecified atom stereocenters. The van der Waals surface area contributed by atoms with Crippen LogP contribution in [0.5, 0.6) is 5.75 Å². The second kappa shape index (κ2) is 14.3. The van der Waals surface area contributed by atoms with Gasteiger partial charge in [0.1, 0.15) is 11.8 Å². The smallest absolute Gasteiger partial charge is 0.247 e. The number of rotatable bonds is 14. The van der Waals surface area contributed by atoms with Crippen LogP contribution in [-0.2, 0) is 32.6 Å². The second-order valence-corrected chi connectivity index (χ2v) is 10.6. The molecule has 0 aliphatic heterocycles. The maximum atomic E-state index is 13.7. The van der Waals surface area contributed by atoms with E-state index in [0.717, 1.165) is 11.1 Å². The van der Waals surface area contributed by atoms with Crippen molar-refractivity contribution in [1.82, 2.24) is 14.9 Å². The molecular weight excluding hydrogens is 514 g/mol. The molecule has 2 N–H and O–H groups in total. The van der Waals surface area contributed by atoms with Gasteiger partial charge in [0.25, 0.3) is 0 Å². The zero-order valence-corrected chi connectivity index (χ0v) is 23.1. The summed E-state index contributed by atoms with van der Waals surface area (Å²) in [5, 5.41) is 2.84. The molecule has 3 aromatic rings. The van der Waals surface area contributed by atoms with Crippen molar-refractivity contribution in [2.24, 2.45) is 0 Å². The number of methoxy groups -OCH3 is 1. The van der Waals surface area contributed by atoms with E-state index in [0.29, 0.717) is 24.3 Å². The average molecular weight is 550 g/mol. The van der Waals surface area contributed by atoms with Crippen molar-refractivity contribution in [1.29, 1.82) is 0 Å². The third kappa shape index (κ3) is 8.27. The molecule has 206 valence electrons. The molecule has 0 saturated carbocycles. The summed E-state index contributed by atoms with van der Waals surface area (Å²) < 4.78 is 32.2. The van der Waals surface area contributed by atoms with Crippen LogP contribution in [0.15, 0.2) is 96.4 Å². The standard InChI is InChI=1S/C30H35N3O5S/c1-4-21-31-30(35)29(25-9-7-6-8-10-25)33(22-24-11-16-26(38-3)17-12-24)28(34)20-15-23-13-18-27(19-14-23)39(36,37)32-5-2/h4,6-14,16-19,29,32H,1,5,15,20-22H2,2-3H3,(H,31,35). The Morgan fingerprint density at radius 1 is 0.974 bits per heavy atom. The minimum atomic E-state index is -3.56. The molecule has 0 fully saturated rings. The highest BCUT2D eigenvalue weighted by atomic mass is 32.2. The Kier molecular flexibility index (Phi) is 10.8. The van der Waals surface area contributed by atoms with Gasteiger partial charge in [0.05, 0.1) is 12.0 Å². The van der Waals surface area contributed by atoms with Gasteiger partial charge in [0.2, 0.25) is 21.8 Å². The number of aryl methyl sites for hydroxylation is 1. The van der Waals surface area contributed by atoms with Gasteiger partial charge in [-0.25, -0.2) is 13.1 Å². The quantitative estimate of drug-likeness (QED) is 0.296. The minimum Gasteiger partial charge on any atom is -0.497 e. The number of carbonyl (C=O) groups excluding carboxylic acids is 2. The minimum absolute atomic E-state index is 0.132. The highest BCUT2D eigenvalue weighted by molar-refractivity contribution is 7.89. The molecule has 39 heavy (non-hydrogen) atoms. The lowest BCUT2D eigenvalue weighted by atomic mass is 10.0. The van der Waals surface area contributed by atoms with Gasteiger partial charge in [0.15, 0.2) is 0 Å². The van der Waals surface area contributed by atoms with Crippen molar-refractivity contribution in [3.05, 3.63) is 108 Å². The number of ether oxygens (including phenoxy) is 1. The summed E-state index contributed by atoms with van der Waals surface area (Å²) in [6.45, 7) is 6.17. The maximum Gasteiger partial charge on any atom is 0.247 e. The summed E-state index contributed by atoms with van der Waals surface area (Å²) in [5.41, 5.74) is 2.36. The summed E-state index contributed by atoms with van der Waals surface area (Å²) in [6.07, 6.45) is 2.11. The number of carbonyl (C=O) groups is 2. The Balaban J connectivity index is 1.88. The largest absolute Gasteiger partial charge is 0.497 e. The third-order valence-electron chi connectivity index (χ3n) is 6.12. The van der Waals surface area contributed by atoms with Gasteiger partial charge in [-0.15, -0.1) is 6.58 Å². The zero-order valence-electron chi connectivity index (χ0n) is 22.3. The third-order valence-corrected chi connectivity index (χ3v) is 7.69. The van der Waals surface area contributed by atoms with Crippen LogP contribution >= 0.6 is 0 Å². The van der Waals surface area contributed by atoms with Gasteiger partial charge in [-0.05, 0) is 47.4 Å². The van der Waals surface area contributed by atoms with Gasteiger partial charge in [-0.1, -0.05) is 67.6 Å². The van der Waals surface area contributed by atoms with Gasteiger partial charge in [0, 0.05) is 26.1 Å². The van der Waals surface area contributed by atoms with Crippen molar-refractivity contribution >= 4 is 21.8 Å². The maximum absolute atomic E-state index is 13.7. The lowest BCUT2D eigenvalue weighted by molar-refractivity contribution is -0.141. The Morgan fingerprint density at radius 3 is 2.21 bits per heavy atom. The fourth-order valence-corrected chi connectivity index (χ4v) is 5.17. The number of amides is 2. The predicted molar refractivity (Wildman–Crippen MR) is 152 cm³/mol. The van der Waals surface area contributed by atoms with Gasteiger partial charge in [-0.3, -0.25) is 9.59 Å². The summed E-state index contributed by atoms with van der Waals surface area (Å²) >= 11 is 0. The first kappa shape index (κ1) is 29.6. The van der Waals surface area contributed by atoms with Crippen LogP contribution in [0.2, 0.25) is 0 Å². The van der Waals surface area contributed by atoms with Crippen molar-refractivity contribution in [2.45, 2.75) is 37.2 Å². The monoisotopic (exact) mass is 549 g/mol. The zero-order chi connectivity index (χ0) is 28.3. The van der Waals surface area contributed by atoms with Crippen LogP contribution in [0.4, 0.5) is 0 Å². The number of nitrogens with one attached hydrogen (secondary N) is 2. The number of hydrogen-bond donors (Lipinski definition) is 2. The fourth-order valence-electron chi connectivity index (χ4n) is 4.13. The van der Waals surface area contributed by atoms with E-state index in [1.54, 1.807) is 37.1 Å². The van der Waals surface area contributed by atoms with Crippen molar-refractivity contribution in [3.8, 4) is 5.75 Å². The molecule has 2 amide bonds. The number of nitrogens with zero attached hydrogens (tertiary/aromatic N) is 1. The van der Waals surface area contributed by atoms with E-state index in [-0.39, 0.29) is 36.2 Å². The molecule has 0 saturated heterocycles. The Bertz CT molecular complexity index is 1340. The van der Waals surface area contributed by atoms with E-state index in [4.69, 9.17) is 4.74 Å². The molecule has 9 heteroatoms. The van der Waals surface area contributed by atoms with Crippen molar-refractivity contribution in [3.63, 3.8) is 0 Å². The molecule has 1 atom stereocenters. The molecule has 0 bridgehead atoms. The molecule has 8 nitrogen and oxygen atoms in total. The van der Waals surface area contributed by atoms with E-state index in [2.05, 4.69) is 16.6 Å². The molecule has 0 aromatic heterocycles. The molecule has 0 heterocycles. The Morgan fingerprint density at radius 2 is 1.62 bits per heavy atom. The Hall–Kier alpha value is -3.95. The normalized spacial score (nSPS) is 11.8. The lowest BCUT2D eigenvalue weighted by Crippen LogP contribution is -2.43. The van der Waals surface area contributed by atoms with Crippen molar-refractivity contribution < 1.29 is 22.7 Å². The van der Waals surface area contributed by atoms with E-state index >= 15 is 0 Å². The number of hydrogen-bond acceptors (Lipinski definition) is 5. The number of sulfonamides is 1. The molecule has 3 aromatic carbocycles. The topological polar surface area (TPSA) is 105 Å². The lowest BCUT2D eigenvalue weighted by Gasteiger charge is -2.31. The summed E-state index contributed by atoms with van der Waals surface area (Å²) in [6, 6.07) is 22.2. The summed E-state index contributed by atoms with van der Waals surface area (Å²) in [5.74, 6) is 0.179. The summed E-state index contributed by atoms with van der Waals surface area (Å²) in [4.78, 5) is 28.9. The highest BCUT2D eigenvalue weighted by Gasteiger charge is 2.31. The van der Waals surface area contributed by atoms with Crippen LogP contribution in [0, 0.1) is 0 Å². The van der Waals surface area contributed by atoms with Crippen LogP contribution in [0.25, 0.3) is 0 Å². The van der Waals surface area contributed by atoms with Crippen LogP contribution in [0.1, 0.15) is 36.1 Å². The number of benzene rings is 3. The molecule has 3 rings (SSSR count). The molecule has 0 aliphatic rings. The summed E-state index contributed by atoms with van der Waals surface area (Å²) in [7, 11) is -1.97. The van der Waals surface area contributed by atoms with E-state index in [1.165, 1.54) is 12.1 Å². The highest BCUT2D eigenvalue weighted by Crippen LogP contribution is 2.26. The fraction of sp³-hybridized carbons (Fsp3) is 0.267. The van der Waals surface area contributed by atoms with Crippen LogP contribution in [0.3, 0.4) is 0 Å². The first-order valence-electron chi connectivity index (χ1n) is 12.7. The second-order valence-electron chi connectivity index (χ2n) is 8.86. The Labute approximate surface area is 230 Å². The van der Waals surface area contributed by atoms with Crippen LogP contribution in [-0.4, -0.2) is 45.3 Å². The predicted octanol–water partition coefficient (Wildman–Crippen LogP) is 4.00. The van der Waals surface area contributed by atoms with E-state index in [1.807, 2.05) is 54.6 Å². The van der Waals surface area contributed by atoms with Gasteiger partial charge >= 0.3 is 0 Å². The SMILES string of the molecule is C=CCNC(=O)C(c1ccccc1)N(Cc1ccc(OC)cc1)C(=O)CCc1ccc(S(=O)(=O)NCC)cc1. The first-order chi connectivity index (χ1) is 18.8. The average Bonchev–Trinajstić information content (AvgIpc) is 2.95. The molecule has 0 aliphatic carbocycles. The van der Waals surface area contributed by atoms with Crippen LogP contribution < -0.4 is 14.8 Å². The molecule has 0 radical (unpaired) electrons. The van der Waals surface area contributed by atoms with E-state index in [9.17, 15) is 18.0 Å².